The number of rotatable bonds is 6. The summed E-state index contributed by atoms with van der Waals surface area (Å²) in [5, 5.41) is 4.73. The fourth-order valence-corrected chi connectivity index (χ4v) is 3.91. The number of nitrogens with zero attached hydrogens (tertiary/aromatic N) is 2. The fourth-order valence-electron chi connectivity index (χ4n) is 3.91. The minimum Gasteiger partial charge on any atom is -0.343 e. The number of hydrogen-bond acceptors (Lipinski definition) is 2. The molecule has 3 nitrogen and oxygen atoms in total. The first kappa shape index (κ1) is 17.3. The number of para-hydroxylation sites is 1. The van der Waals surface area contributed by atoms with Gasteiger partial charge in [-0.1, -0.05) is 30.3 Å². The minimum atomic E-state index is -0.171. The van der Waals surface area contributed by atoms with E-state index < -0.39 is 0 Å². The van der Waals surface area contributed by atoms with Gasteiger partial charge in [-0.2, -0.15) is 0 Å². The summed E-state index contributed by atoms with van der Waals surface area (Å²) in [6.45, 7) is 6.38. The lowest BCUT2D eigenvalue weighted by molar-refractivity contribution is 0.238. The molecule has 1 aliphatic rings. The fraction of sp³-hybridized carbons (Fsp3) is 0.364. The lowest BCUT2D eigenvalue weighted by Gasteiger charge is -2.26. The number of halogens is 1. The van der Waals surface area contributed by atoms with E-state index in [-0.39, 0.29) is 5.82 Å². The van der Waals surface area contributed by atoms with Crippen LogP contribution in [-0.4, -0.2) is 42.2 Å². The molecular weight excluding hydrogens is 325 g/mol. The molecule has 136 valence electrons. The van der Waals surface area contributed by atoms with Crippen molar-refractivity contribution in [3.05, 3.63) is 71.7 Å². The summed E-state index contributed by atoms with van der Waals surface area (Å²) in [7, 11) is 0. The predicted molar refractivity (Wildman–Crippen MR) is 105 cm³/mol. The second-order valence-electron chi connectivity index (χ2n) is 7.12. The molecule has 26 heavy (non-hydrogen) atoms. The Morgan fingerprint density at radius 3 is 2.69 bits per heavy atom. The topological polar surface area (TPSA) is 20.2 Å². The van der Waals surface area contributed by atoms with Gasteiger partial charge in [0, 0.05) is 49.8 Å². The van der Waals surface area contributed by atoms with Crippen LogP contribution in [0.5, 0.6) is 0 Å². The third-order valence-electron chi connectivity index (χ3n) is 5.24. The summed E-state index contributed by atoms with van der Waals surface area (Å²) in [5.74, 6) is -0.171. The zero-order valence-electron chi connectivity index (χ0n) is 15.1. The molecule has 0 amide bonds. The molecule has 4 heteroatoms. The molecule has 1 N–H and O–H groups in total. The molecule has 0 radical (unpaired) electrons. The molecule has 2 aromatic carbocycles. The smallest absolute Gasteiger partial charge is 0.123 e. The van der Waals surface area contributed by atoms with Gasteiger partial charge in [-0.15, -0.1) is 0 Å². The zero-order valence-corrected chi connectivity index (χ0v) is 15.1. The van der Waals surface area contributed by atoms with Crippen molar-refractivity contribution in [3.8, 4) is 0 Å². The van der Waals surface area contributed by atoms with Crippen molar-refractivity contribution in [1.29, 1.82) is 0 Å². The van der Waals surface area contributed by atoms with Crippen LogP contribution in [0.15, 0.2) is 54.7 Å². The van der Waals surface area contributed by atoms with Gasteiger partial charge in [0.2, 0.25) is 0 Å². The van der Waals surface area contributed by atoms with Gasteiger partial charge in [0.05, 0.1) is 0 Å². The summed E-state index contributed by atoms with van der Waals surface area (Å²) < 4.78 is 15.8. The molecule has 2 heterocycles. The van der Waals surface area contributed by atoms with Gasteiger partial charge in [-0.3, -0.25) is 0 Å². The van der Waals surface area contributed by atoms with Gasteiger partial charge in [0.15, 0.2) is 0 Å². The molecule has 0 spiro atoms. The van der Waals surface area contributed by atoms with Crippen molar-refractivity contribution in [2.75, 3.05) is 32.7 Å². The maximum absolute atomic E-state index is 13.5. The quantitative estimate of drug-likeness (QED) is 0.731. The Morgan fingerprint density at radius 2 is 1.85 bits per heavy atom. The largest absolute Gasteiger partial charge is 0.343 e. The summed E-state index contributed by atoms with van der Waals surface area (Å²) in [5.41, 5.74) is 3.62. The Labute approximate surface area is 154 Å². The second-order valence-corrected chi connectivity index (χ2v) is 7.12. The van der Waals surface area contributed by atoms with Crippen LogP contribution in [0.2, 0.25) is 0 Å². The third-order valence-corrected chi connectivity index (χ3v) is 5.24. The average Bonchev–Trinajstić information content (AvgIpc) is 3.01. The highest BCUT2D eigenvalue weighted by atomic mass is 19.1. The molecule has 1 aliphatic heterocycles. The predicted octanol–water partition coefficient (Wildman–Crippen LogP) is 3.67. The molecule has 1 aromatic heterocycles. The maximum atomic E-state index is 13.5. The number of benzene rings is 2. The molecule has 0 saturated carbocycles. The number of piperazine rings is 1. The highest BCUT2D eigenvalue weighted by molar-refractivity contribution is 5.84. The molecule has 4 rings (SSSR count). The molecule has 1 fully saturated rings. The van der Waals surface area contributed by atoms with E-state index >= 15 is 0 Å². The Morgan fingerprint density at radius 1 is 1.00 bits per heavy atom. The molecule has 0 aliphatic carbocycles. The van der Waals surface area contributed by atoms with E-state index in [2.05, 4.69) is 45.2 Å². The highest BCUT2D eigenvalue weighted by Gasteiger charge is 2.11. The molecular formula is C22H26FN3. The average molecular weight is 351 g/mol. The van der Waals surface area contributed by atoms with Gasteiger partial charge >= 0.3 is 0 Å². The SMILES string of the molecule is Fc1cccc(Cn2cc(CCCN3CCNCC3)c3ccccc32)c1. The van der Waals surface area contributed by atoms with Crippen LogP contribution < -0.4 is 5.32 Å². The van der Waals surface area contributed by atoms with Gasteiger partial charge < -0.3 is 14.8 Å². The van der Waals surface area contributed by atoms with Gasteiger partial charge in [0.1, 0.15) is 5.82 Å². The van der Waals surface area contributed by atoms with Gasteiger partial charge in [-0.25, -0.2) is 4.39 Å². The van der Waals surface area contributed by atoms with Crippen molar-refractivity contribution in [1.82, 2.24) is 14.8 Å². The monoisotopic (exact) mass is 351 g/mol. The van der Waals surface area contributed by atoms with Crippen LogP contribution in [0.1, 0.15) is 17.5 Å². The van der Waals surface area contributed by atoms with E-state index in [4.69, 9.17) is 0 Å². The van der Waals surface area contributed by atoms with Crippen LogP contribution in [0.3, 0.4) is 0 Å². The van der Waals surface area contributed by atoms with E-state index in [0.717, 1.165) is 44.7 Å². The number of aromatic nitrogens is 1. The first-order chi connectivity index (χ1) is 12.8. The number of nitrogens with one attached hydrogen (secondary N) is 1. The Kier molecular flexibility index (Phi) is 5.32. The number of aryl methyl sites for hydroxylation is 1. The van der Waals surface area contributed by atoms with Gasteiger partial charge in [0.25, 0.3) is 0 Å². The Bertz CT molecular complexity index is 865. The first-order valence-corrected chi connectivity index (χ1v) is 9.54. The van der Waals surface area contributed by atoms with E-state index in [0.29, 0.717) is 6.54 Å². The van der Waals surface area contributed by atoms with E-state index in [1.54, 1.807) is 12.1 Å². The molecule has 1 saturated heterocycles. The standard InChI is InChI=1S/C22H26FN3/c23-20-7-3-5-18(15-20)16-26-17-19(21-8-1-2-9-22(21)26)6-4-12-25-13-10-24-11-14-25/h1-3,5,7-9,15,17,24H,4,6,10-14,16H2. The van der Waals surface area contributed by atoms with Crippen LogP contribution in [0.4, 0.5) is 4.39 Å². The van der Waals surface area contributed by atoms with Crippen LogP contribution in [0.25, 0.3) is 10.9 Å². The first-order valence-electron chi connectivity index (χ1n) is 9.54. The second kappa shape index (κ2) is 8.02. The van der Waals surface area contributed by atoms with Crippen molar-refractivity contribution >= 4 is 10.9 Å². The highest BCUT2D eigenvalue weighted by Crippen LogP contribution is 2.24. The van der Waals surface area contributed by atoms with Crippen LogP contribution in [-0.2, 0) is 13.0 Å². The Hall–Kier alpha value is -2.17. The number of hydrogen-bond donors (Lipinski definition) is 1. The lowest BCUT2D eigenvalue weighted by Crippen LogP contribution is -2.43. The van der Waals surface area contributed by atoms with E-state index in [1.165, 1.54) is 29.0 Å². The molecule has 0 atom stereocenters. The summed E-state index contributed by atoms with van der Waals surface area (Å²) in [6, 6.07) is 15.4. The van der Waals surface area contributed by atoms with Crippen molar-refractivity contribution in [2.45, 2.75) is 19.4 Å². The maximum Gasteiger partial charge on any atom is 0.123 e. The van der Waals surface area contributed by atoms with Gasteiger partial charge in [-0.05, 0) is 48.7 Å². The zero-order chi connectivity index (χ0) is 17.8. The van der Waals surface area contributed by atoms with E-state index in [1.807, 2.05) is 6.07 Å². The van der Waals surface area contributed by atoms with Crippen molar-refractivity contribution in [2.24, 2.45) is 0 Å². The molecule has 0 unspecified atom stereocenters. The third kappa shape index (κ3) is 3.97. The molecule has 3 aromatic rings. The number of fused-ring (bicyclic) bond motifs is 1. The van der Waals surface area contributed by atoms with E-state index in [9.17, 15) is 4.39 Å². The Balaban J connectivity index is 1.50. The van der Waals surface area contributed by atoms with Crippen molar-refractivity contribution in [3.63, 3.8) is 0 Å². The van der Waals surface area contributed by atoms with Crippen LogP contribution >= 0.6 is 0 Å². The summed E-state index contributed by atoms with van der Waals surface area (Å²) in [6.07, 6.45) is 4.52. The van der Waals surface area contributed by atoms with Crippen molar-refractivity contribution < 1.29 is 4.39 Å². The summed E-state index contributed by atoms with van der Waals surface area (Å²) in [4.78, 5) is 2.54. The summed E-state index contributed by atoms with van der Waals surface area (Å²) >= 11 is 0. The van der Waals surface area contributed by atoms with Crippen LogP contribution in [0, 0.1) is 5.82 Å². The minimum absolute atomic E-state index is 0.171. The lowest BCUT2D eigenvalue weighted by atomic mass is 10.1. The normalized spacial score (nSPS) is 15.6. The molecule has 0 bridgehead atoms.